The smallest absolute Gasteiger partial charge is 0.327 e. The Bertz CT molecular complexity index is 413. The summed E-state index contributed by atoms with van der Waals surface area (Å²) in [6.07, 6.45) is 3.38. The van der Waals surface area contributed by atoms with Crippen LogP contribution >= 0.6 is 11.8 Å². The van der Waals surface area contributed by atoms with Crippen molar-refractivity contribution < 1.29 is 0 Å². The molecule has 3 N–H and O–H groups in total. The predicted molar refractivity (Wildman–Crippen MR) is 64.5 cm³/mol. The molecule has 2 rings (SSSR count). The van der Waals surface area contributed by atoms with Crippen molar-refractivity contribution >= 4 is 11.8 Å². The summed E-state index contributed by atoms with van der Waals surface area (Å²) in [6.45, 7) is 2.25. The number of nitrogens with zero attached hydrogens (tertiary/aromatic N) is 2. The summed E-state index contributed by atoms with van der Waals surface area (Å²) >= 11 is 1.62. The van der Waals surface area contributed by atoms with Gasteiger partial charge in [-0.15, -0.1) is 5.10 Å². The number of rotatable bonds is 2. The zero-order chi connectivity index (χ0) is 11.7. The van der Waals surface area contributed by atoms with Crippen LogP contribution in [0.4, 0.5) is 0 Å². The molecule has 0 saturated heterocycles. The van der Waals surface area contributed by atoms with Gasteiger partial charge in [0.25, 0.3) is 0 Å². The Hall–Kier alpha value is -0.750. The van der Waals surface area contributed by atoms with E-state index in [2.05, 4.69) is 17.1 Å². The summed E-state index contributed by atoms with van der Waals surface area (Å²) in [6, 6.07) is 0.216. The fourth-order valence-corrected chi connectivity index (χ4v) is 3.41. The Morgan fingerprint density at radius 3 is 2.94 bits per heavy atom. The second kappa shape index (κ2) is 4.63. The second-order valence-corrected chi connectivity index (χ2v) is 5.82. The summed E-state index contributed by atoms with van der Waals surface area (Å²) in [5.74, 6) is 0.716. The molecule has 0 amide bonds. The van der Waals surface area contributed by atoms with Crippen molar-refractivity contribution in [1.82, 2.24) is 14.8 Å². The van der Waals surface area contributed by atoms with Crippen molar-refractivity contribution in [3.63, 3.8) is 0 Å². The van der Waals surface area contributed by atoms with Crippen LogP contribution in [0.15, 0.2) is 9.95 Å². The molecule has 16 heavy (non-hydrogen) atoms. The number of nitrogens with two attached hydrogens (primary N) is 1. The molecule has 5 nitrogen and oxygen atoms in total. The van der Waals surface area contributed by atoms with Gasteiger partial charge in [0, 0.05) is 18.3 Å². The van der Waals surface area contributed by atoms with Gasteiger partial charge in [0.15, 0.2) is 5.16 Å². The molecule has 1 aliphatic carbocycles. The predicted octanol–water partition coefficient (Wildman–Crippen LogP) is 0.716. The van der Waals surface area contributed by atoms with Crippen LogP contribution in [0.2, 0.25) is 0 Å². The van der Waals surface area contributed by atoms with E-state index in [0.717, 1.165) is 18.0 Å². The number of aromatic nitrogens is 3. The molecule has 0 spiro atoms. The van der Waals surface area contributed by atoms with Gasteiger partial charge in [0.2, 0.25) is 0 Å². The van der Waals surface area contributed by atoms with Crippen LogP contribution in [0.25, 0.3) is 0 Å². The van der Waals surface area contributed by atoms with Crippen LogP contribution in [0.5, 0.6) is 0 Å². The van der Waals surface area contributed by atoms with Crippen molar-refractivity contribution in [3.05, 3.63) is 10.5 Å². The van der Waals surface area contributed by atoms with E-state index in [-0.39, 0.29) is 11.7 Å². The minimum absolute atomic E-state index is 0.167. The first-order valence-electron chi connectivity index (χ1n) is 5.61. The molecule has 6 heteroatoms. The van der Waals surface area contributed by atoms with Crippen molar-refractivity contribution in [2.24, 2.45) is 18.7 Å². The number of thioether (sulfide) groups is 1. The van der Waals surface area contributed by atoms with E-state index in [4.69, 9.17) is 5.73 Å². The maximum Gasteiger partial charge on any atom is 0.343 e. The van der Waals surface area contributed by atoms with Gasteiger partial charge in [0.1, 0.15) is 0 Å². The number of hydrogen-bond acceptors (Lipinski definition) is 4. The van der Waals surface area contributed by atoms with Crippen LogP contribution in [0.1, 0.15) is 26.2 Å². The Morgan fingerprint density at radius 1 is 1.56 bits per heavy atom. The normalized spacial score (nSPS) is 30.6. The van der Waals surface area contributed by atoms with Crippen molar-refractivity contribution in [3.8, 4) is 0 Å². The molecular formula is C10H18N4OS. The molecule has 1 aromatic rings. The van der Waals surface area contributed by atoms with Gasteiger partial charge in [0.05, 0.1) is 0 Å². The van der Waals surface area contributed by atoms with Gasteiger partial charge in [-0.2, -0.15) is 0 Å². The zero-order valence-electron chi connectivity index (χ0n) is 9.64. The molecule has 90 valence electrons. The van der Waals surface area contributed by atoms with Gasteiger partial charge in [-0.05, 0) is 25.2 Å². The van der Waals surface area contributed by atoms with Crippen molar-refractivity contribution in [2.45, 2.75) is 42.6 Å². The largest absolute Gasteiger partial charge is 0.343 e. The van der Waals surface area contributed by atoms with Crippen LogP contribution in [0.3, 0.4) is 0 Å². The molecular weight excluding hydrogens is 224 g/mol. The number of H-pyrrole nitrogens is 1. The van der Waals surface area contributed by atoms with Gasteiger partial charge in [-0.1, -0.05) is 18.7 Å². The van der Waals surface area contributed by atoms with Crippen LogP contribution in [-0.2, 0) is 7.05 Å². The molecule has 0 aliphatic heterocycles. The monoisotopic (exact) mass is 242 g/mol. The van der Waals surface area contributed by atoms with E-state index >= 15 is 0 Å². The summed E-state index contributed by atoms with van der Waals surface area (Å²) in [7, 11) is 1.73. The average Bonchev–Trinajstić information content (AvgIpc) is 2.55. The number of nitrogens with one attached hydrogen (secondary N) is 1. The van der Waals surface area contributed by atoms with Gasteiger partial charge in [-0.3, -0.25) is 4.57 Å². The molecule has 0 aromatic carbocycles. The highest BCUT2D eigenvalue weighted by molar-refractivity contribution is 7.99. The van der Waals surface area contributed by atoms with Crippen molar-refractivity contribution in [1.29, 1.82) is 0 Å². The topological polar surface area (TPSA) is 76.7 Å². The lowest BCUT2D eigenvalue weighted by Gasteiger charge is -2.31. The van der Waals surface area contributed by atoms with E-state index in [0.29, 0.717) is 11.2 Å². The Morgan fingerprint density at radius 2 is 2.31 bits per heavy atom. The van der Waals surface area contributed by atoms with Gasteiger partial charge in [-0.25, -0.2) is 9.89 Å². The summed E-state index contributed by atoms with van der Waals surface area (Å²) in [4.78, 5) is 11.2. The Balaban J connectivity index is 2.08. The van der Waals surface area contributed by atoms with Gasteiger partial charge >= 0.3 is 5.69 Å². The van der Waals surface area contributed by atoms with E-state index in [1.807, 2.05) is 0 Å². The molecule has 0 radical (unpaired) electrons. The molecule has 1 saturated carbocycles. The zero-order valence-corrected chi connectivity index (χ0v) is 10.5. The lowest BCUT2D eigenvalue weighted by molar-refractivity contribution is 0.357. The standard InChI is InChI=1S/C10H18N4OS/c1-6-3-4-7(11)8(5-6)16-10-13-12-9(15)14(10)2/h6-8H,3-5,11H2,1-2H3,(H,12,15). The first-order valence-corrected chi connectivity index (χ1v) is 6.49. The quantitative estimate of drug-likeness (QED) is 0.801. The van der Waals surface area contributed by atoms with E-state index < -0.39 is 0 Å². The fraction of sp³-hybridized carbons (Fsp3) is 0.800. The molecule has 1 heterocycles. The first-order chi connectivity index (χ1) is 7.58. The molecule has 1 aromatic heterocycles. The highest BCUT2D eigenvalue weighted by atomic mass is 32.2. The fourth-order valence-electron chi connectivity index (χ4n) is 2.06. The number of hydrogen-bond donors (Lipinski definition) is 2. The maximum atomic E-state index is 11.2. The van der Waals surface area contributed by atoms with E-state index in [9.17, 15) is 4.79 Å². The lowest BCUT2D eigenvalue weighted by Crippen LogP contribution is -2.38. The summed E-state index contributed by atoms with van der Waals surface area (Å²) in [5.41, 5.74) is 5.93. The van der Waals surface area contributed by atoms with Gasteiger partial charge < -0.3 is 5.73 Å². The number of aromatic amines is 1. The summed E-state index contributed by atoms with van der Waals surface area (Å²) < 4.78 is 1.54. The maximum absolute atomic E-state index is 11.2. The molecule has 3 unspecified atom stereocenters. The van der Waals surface area contributed by atoms with E-state index in [1.165, 1.54) is 11.0 Å². The van der Waals surface area contributed by atoms with E-state index in [1.54, 1.807) is 18.8 Å². The average molecular weight is 242 g/mol. The Labute approximate surface area is 98.8 Å². The first kappa shape index (κ1) is 11.7. The Kier molecular flexibility index (Phi) is 3.39. The minimum atomic E-state index is -0.167. The third-order valence-corrected chi connectivity index (χ3v) is 4.62. The molecule has 0 bridgehead atoms. The highest BCUT2D eigenvalue weighted by Gasteiger charge is 2.28. The van der Waals surface area contributed by atoms with Crippen LogP contribution in [0, 0.1) is 5.92 Å². The van der Waals surface area contributed by atoms with Crippen molar-refractivity contribution in [2.75, 3.05) is 0 Å². The van der Waals surface area contributed by atoms with Crippen LogP contribution in [-0.4, -0.2) is 26.1 Å². The third-order valence-electron chi connectivity index (χ3n) is 3.20. The third kappa shape index (κ3) is 2.32. The highest BCUT2D eigenvalue weighted by Crippen LogP contribution is 2.34. The summed E-state index contributed by atoms with van der Waals surface area (Å²) in [5, 5.41) is 7.56. The SMILES string of the molecule is CC1CCC(N)C(Sc2n[nH]c(=O)n2C)C1. The lowest BCUT2D eigenvalue weighted by atomic mass is 9.87. The molecule has 1 fully saturated rings. The minimum Gasteiger partial charge on any atom is -0.327 e. The second-order valence-electron chi connectivity index (χ2n) is 4.61. The van der Waals surface area contributed by atoms with Crippen LogP contribution < -0.4 is 11.4 Å². The molecule has 3 atom stereocenters. The molecule has 1 aliphatic rings.